The lowest BCUT2D eigenvalue weighted by molar-refractivity contribution is -0.222. The first kappa shape index (κ1) is 13.6. The Morgan fingerprint density at radius 1 is 1.33 bits per heavy atom. The van der Waals surface area contributed by atoms with E-state index >= 15 is 0 Å². The van der Waals surface area contributed by atoms with E-state index in [1.54, 1.807) is 0 Å². The summed E-state index contributed by atoms with van der Waals surface area (Å²) in [6.07, 6.45) is -4.52. The minimum atomic E-state index is -4.52. The van der Waals surface area contributed by atoms with Crippen LogP contribution < -0.4 is 5.32 Å². The van der Waals surface area contributed by atoms with Gasteiger partial charge < -0.3 is 15.3 Å². The van der Waals surface area contributed by atoms with Gasteiger partial charge in [0.15, 0.2) is 5.41 Å². The molecular formula is C11H17F3N2O2. The zero-order valence-electron chi connectivity index (χ0n) is 9.96. The number of nitrogens with zero attached hydrogens (tertiary/aromatic N) is 1. The molecule has 1 unspecified atom stereocenters. The van der Waals surface area contributed by atoms with Crippen molar-refractivity contribution in [2.75, 3.05) is 26.2 Å². The Labute approximate surface area is 103 Å². The van der Waals surface area contributed by atoms with Crippen LogP contribution in [0.2, 0.25) is 0 Å². The summed E-state index contributed by atoms with van der Waals surface area (Å²) < 4.78 is 39.5. The van der Waals surface area contributed by atoms with Crippen molar-refractivity contribution >= 4 is 5.91 Å². The van der Waals surface area contributed by atoms with Gasteiger partial charge in [-0.1, -0.05) is 0 Å². The topological polar surface area (TPSA) is 52.6 Å². The molecule has 2 aliphatic rings. The molecule has 0 spiro atoms. The van der Waals surface area contributed by atoms with E-state index in [-0.39, 0.29) is 32.6 Å². The number of rotatable bonds is 1. The fourth-order valence-electron chi connectivity index (χ4n) is 2.61. The molecule has 2 N–H and O–H groups in total. The summed E-state index contributed by atoms with van der Waals surface area (Å²) in [6, 6.07) is 0. The number of alkyl halides is 3. The van der Waals surface area contributed by atoms with Crippen LogP contribution >= 0.6 is 0 Å². The predicted octanol–water partition coefficient (Wildman–Crippen LogP) is 0.512. The van der Waals surface area contributed by atoms with Gasteiger partial charge in [0, 0.05) is 19.6 Å². The zero-order valence-corrected chi connectivity index (χ0v) is 9.96. The van der Waals surface area contributed by atoms with Gasteiger partial charge in [0.1, 0.15) is 0 Å². The third kappa shape index (κ3) is 2.21. The number of amides is 1. The van der Waals surface area contributed by atoms with Gasteiger partial charge in [-0.05, 0) is 25.8 Å². The molecule has 7 heteroatoms. The Kier molecular flexibility index (Phi) is 3.55. The lowest BCUT2D eigenvalue weighted by atomic mass is 9.84. The van der Waals surface area contributed by atoms with E-state index in [9.17, 15) is 23.1 Å². The Morgan fingerprint density at radius 2 is 1.94 bits per heavy atom. The van der Waals surface area contributed by atoms with Crippen molar-refractivity contribution in [3.63, 3.8) is 0 Å². The van der Waals surface area contributed by atoms with Crippen LogP contribution in [0.25, 0.3) is 0 Å². The van der Waals surface area contributed by atoms with Crippen LogP contribution in [0.4, 0.5) is 13.2 Å². The molecule has 104 valence electrons. The molecule has 2 saturated heterocycles. The summed E-state index contributed by atoms with van der Waals surface area (Å²) in [5.41, 5.74) is -2.27. The van der Waals surface area contributed by atoms with Gasteiger partial charge in [-0.3, -0.25) is 4.79 Å². The van der Waals surface area contributed by atoms with Crippen molar-refractivity contribution in [1.29, 1.82) is 0 Å². The average Bonchev–Trinajstić information content (AvgIpc) is 2.78. The number of carbonyl (C=O) groups excluding carboxylic acids is 1. The molecule has 2 heterocycles. The van der Waals surface area contributed by atoms with E-state index in [1.807, 2.05) is 0 Å². The standard InChI is InChI=1S/C11H17F3N2O2/c12-11(13,14)10(3-4-15-7-10)9(18)16-5-1-8(17)2-6-16/h8,15,17H,1-7H2. The number of hydrogen-bond acceptors (Lipinski definition) is 3. The molecule has 1 atom stereocenters. The van der Waals surface area contributed by atoms with Gasteiger partial charge in [-0.2, -0.15) is 13.2 Å². The second-order valence-corrected chi connectivity index (χ2v) is 5.03. The Bertz CT molecular complexity index is 319. The van der Waals surface area contributed by atoms with Crippen LogP contribution in [0.5, 0.6) is 0 Å². The minimum absolute atomic E-state index is 0.200. The van der Waals surface area contributed by atoms with Crippen molar-refractivity contribution in [2.45, 2.75) is 31.5 Å². The first-order valence-electron chi connectivity index (χ1n) is 6.12. The Hall–Kier alpha value is -0.820. The molecule has 2 aliphatic heterocycles. The summed E-state index contributed by atoms with van der Waals surface area (Å²) >= 11 is 0. The average molecular weight is 266 g/mol. The first-order chi connectivity index (χ1) is 8.37. The van der Waals surface area contributed by atoms with Crippen LogP contribution in [-0.2, 0) is 4.79 Å². The number of aliphatic hydroxyl groups is 1. The second-order valence-electron chi connectivity index (χ2n) is 5.03. The maximum absolute atomic E-state index is 13.2. The molecule has 0 aliphatic carbocycles. The lowest BCUT2D eigenvalue weighted by Gasteiger charge is -2.38. The van der Waals surface area contributed by atoms with Crippen molar-refractivity contribution in [1.82, 2.24) is 10.2 Å². The van der Waals surface area contributed by atoms with Gasteiger partial charge in [-0.15, -0.1) is 0 Å². The number of piperidine rings is 1. The highest BCUT2D eigenvalue weighted by Crippen LogP contribution is 2.44. The maximum Gasteiger partial charge on any atom is 0.404 e. The molecule has 0 aromatic heterocycles. The number of hydrogen-bond donors (Lipinski definition) is 2. The van der Waals surface area contributed by atoms with E-state index in [0.29, 0.717) is 12.8 Å². The molecule has 2 fully saturated rings. The summed E-state index contributed by atoms with van der Waals surface area (Å²) in [5, 5.41) is 12.0. The maximum atomic E-state index is 13.2. The third-order valence-corrected chi connectivity index (χ3v) is 3.86. The number of halogens is 3. The number of nitrogens with one attached hydrogen (secondary N) is 1. The van der Waals surface area contributed by atoms with Crippen LogP contribution in [-0.4, -0.2) is 54.4 Å². The van der Waals surface area contributed by atoms with Crippen LogP contribution in [0, 0.1) is 5.41 Å². The van der Waals surface area contributed by atoms with Gasteiger partial charge >= 0.3 is 6.18 Å². The first-order valence-corrected chi connectivity index (χ1v) is 6.12. The van der Waals surface area contributed by atoms with Crippen molar-refractivity contribution in [3.05, 3.63) is 0 Å². The molecule has 0 aromatic carbocycles. The normalized spacial score (nSPS) is 30.8. The Balaban J connectivity index is 2.14. The summed E-state index contributed by atoms with van der Waals surface area (Å²) in [4.78, 5) is 13.4. The Morgan fingerprint density at radius 3 is 2.39 bits per heavy atom. The number of carbonyl (C=O) groups is 1. The second kappa shape index (κ2) is 4.70. The number of aliphatic hydroxyl groups excluding tert-OH is 1. The van der Waals surface area contributed by atoms with Crippen molar-refractivity contribution in [3.8, 4) is 0 Å². The molecule has 18 heavy (non-hydrogen) atoms. The van der Waals surface area contributed by atoms with Gasteiger partial charge in [0.2, 0.25) is 5.91 Å². The summed E-state index contributed by atoms with van der Waals surface area (Å²) in [6.45, 7) is 0.283. The molecular weight excluding hydrogens is 249 g/mol. The fourth-order valence-corrected chi connectivity index (χ4v) is 2.61. The summed E-state index contributed by atoms with van der Waals surface area (Å²) in [7, 11) is 0. The van der Waals surface area contributed by atoms with Crippen molar-refractivity contribution in [2.24, 2.45) is 5.41 Å². The lowest BCUT2D eigenvalue weighted by Crippen LogP contribution is -2.55. The van der Waals surface area contributed by atoms with Gasteiger partial charge in [0.25, 0.3) is 0 Å². The van der Waals surface area contributed by atoms with Crippen LogP contribution in [0.15, 0.2) is 0 Å². The third-order valence-electron chi connectivity index (χ3n) is 3.86. The monoisotopic (exact) mass is 266 g/mol. The summed E-state index contributed by atoms with van der Waals surface area (Å²) in [5.74, 6) is -0.841. The van der Waals surface area contributed by atoms with Crippen LogP contribution in [0.3, 0.4) is 0 Å². The molecule has 4 nitrogen and oxygen atoms in total. The predicted molar refractivity (Wildman–Crippen MR) is 57.8 cm³/mol. The highest BCUT2D eigenvalue weighted by atomic mass is 19.4. The highest BCUT2D eigenvalue weighted by Gasteiger charge is 2.62. The zero-order chi connectivity index (χ0) is 13.4. The molecule has 1 amide bonds. The minimum Gasteiger partial charge on any atom is -0.393 e. The van der Waals surface area contributed by atoms with Gasteiger partial charge in [-0.25, -0.2) is 0 Å². The molecule has 0 saturated carbocycles. The molecule has 2 rings (SSSR count). The van der Waals surface area contributed by atoms with E-state index in [2.05, 4.69) is 5.32 Å². The van der Waals surface area contributed by atoms with E-state index in [0.717, 1.165) is 0 Å². The molecule has 0 radical (unpaired) electrons. The SMILES string of the molecule is O=C(N1CCC(O)CC1)C1(C(F)(F)F)CCNC1. The highest BCUT2D eigenvalue weighted by molar-refractivity contribution is 5.84. The van der Waals surface area contributed by atoms with E-state index in [4.69, 9.17) is 0 Å². The number of likely N-dealkylation sites (tertiary alicyclic amines) is 1. The van der Waals surface area contributed by atoms with E-state index in [1.165, 1.54) is 4.90 Å². The quantitative estimate of drug-likeness (QED) is 0.727. The largest absolute Gasteiger partial charge is 0.404 e. The fraction of sp³-hybridized carbons (Fsp3) is 0.909. The molecule has 0 aromatic rings. The van der Waals surface area contributed by atoms with Gasteiger partial charge in [0.05, 0.1) is 6.10 Å². The van der Waals surface area contributed by atoms with Crippen molar-refractivity contribution < 1.29 is 23.1 Å². The van der Waals surface area contributed by atoms with Crippen LogP contribution in [0.1, 0.15) is 19.3 Å². The molecule has 0 bridgehead atoms. The van der Waals surface area contributed by atoms with E-state index < -0.39 is 23.6 Å². The smallest absolute Gasteiger partial charge is 0.393 e.